The molecule has 1 atom stereocenters. The van der Waals surface area contributed by atoms with Gasteiger partial charge < -0.3 is 10.0 Å². The minimum absolute atomic E-state index is 0.411. The van der Waals surface area contributed by atoms with E-state index < -0.39 is 5.97 Å². The van der Waals surface area contributed by atoms with Gasteiger partial charge in [0, 0.05) is 18.5 Å². The number of thiazole rings is 1. The first-order valence-electron chi connectivity index (χ1n) is 8.24. The van der Waals surface area contributed by atoms with Gasteiger partial charge in [0.1, 0.15) is 4.88 Å². The minimum atomic E-state index is -0.794. The van der Waals surface area contributed by atoms with Gasteiger partial charge in [0.05, 0.1) is 5.69 Å². The summed E-state index contributed by atoms with van der Waals surface area (Å²) in [6.45, 7) is 1.05. The third-order valence-electron chi connectivity index (χ3n) is 5.29. The summed E-state index contributed by atoms with van der Waals surface area (Å²) in [6, 6.07) is 0.604. The van der Waals surface area contributed by atoms with Crippen molar-refractivity contribution in [2.24, 2.45) is 5.92 Å². The molecule has 4 nitrogen and oxygen atoms in total. The highest BCUT2D eigenvalue weighted by Gasteiger charge is 2.37. The van der Waals surface area contributed by atoms with Crippen LogP contribution in [0, 0.1) is 5.92 Å². The molecular weight excluding hydrogens is 284 g/mol. The summed E-state index contributed by atoms with van der Waals surface area (Å²) in [5.41, 5.74) is 0.861. The van der Waals surface area contributed by atoms with E-state index in [0.717, 1.165) is 36.1 Å². The Balaban J connectivity index is 1.62. The molecule has 114 valence electrons. The fraction of sp³-hybridized carbons (Fsp3) is 0.750. The highest BCUT2D eigenvalue weighted by atomic mass is 32.1. The molecule has 1 unspecified atom stereocenters. The minimum Gasteiger partial charge on any atom is -0.477 e. The van der Waals surface area contributed by atoms with Crippen LogP contribution in [0.3, 0.4) is 0 Å². The van der Waals surface area contributed by atoms with Crippen molar-refractivity contribution in [1.82, 2.24) is 4.98 Å². The van der Waals surface area contributed by atoms with Crippen molar-refractivity contribution in [1.29, 1.82) is 0 Å². The Morgan fingerprint density at radius 3 is 2.57 bits per heavy atom. The lowest BCUT2D eigenvalue weighted by atomic mass is 9.96. The second-order valence-electron chi connectivity index (χ2n) is 6.74. The van der Waals surface area contributed by atoms with Crippen molar-refractivity contribution in [2.75, 3.05) is 11.4 Å². The van der Waals surface area contributed by atoms with Gasteiger partial charge in [-0.05, 0) is 44.4 Å². The van der Waals surface area contributed by atoms with Crippen molar-refractivity contribution in [3.05, 3.63) is 10.6 Å². The Morgan fingerprint density at radius 1 is 1.14 bits per heavy atom. The van der Waals surface area contributed by atoms with Crippen LogP contribution < -0.4 is 4.90 Å². The van der Waals surface area contributed by atoms with E-state index in [9.17, 15) is 9.90 Å². The van der Waals surface area contributed by atoms with Crippen LogP contribution >= 0.6 is 11.3 Å². The number of hydrogen-bond donors (Lipinski definition) is 1. The average molecular weight is 306 g/mol. The molecule has 4 rings (SSSR count). The van der Waals surface area contributed by atoms with Gasteiger partial charge in [0.2, 0.25) is 0 Å². The Bertz CT molecular complexity index is 546. The number of hydrogen-bond acceptors (Lipinski definition) is 4. The second-order valence-corrected chi connectivity index (χ2v) is 7.72. The van der Waals surface area contributed by atoms with Gasteiger partial charge >= 0.3 is 5.97 Å². The van der Waals surface area contributed by atoms with E-state index in [-0.39, 0.29) is 0 Å². The van der Waals surface area contributed by atoms with Crippen LogP contribution in [0.15, 0.2) is 0 Å². The lowest BCUT2D eigenvalue weighted by molar-refractivity contribution is 0.0700. The largest absolute Gasteiger partial charge is 0.477 e. The fourth-order valence-electron chi connectivity index (χ4n) is 4.09. The van der Waals surface area contributed by atoms with Gasteiger partial charge in [-0.2, -0.15) is 0 Å². The normalized spacial score (nSPS) is 26.7. The zero-order valence-electron chi connectivity index (χ0n) is 12.3. The molecule has 1 aromatic heterocycles. The summed E-state index contributed by atoms with van der Waals surface area (Å²) in [4.78, 5) is 19.2. The van der Waals surface area contributed by atoms with Crippen LogP contribution in [0.5, 0.6) is 0 Å². The Labute approximate surface area is 129 Å². The molecule has 1 aliphatic heterocycles. The summed E-state index contributed by atoms with van der Waals surface area (Å²) < 4.78 is 0. The molecule has 0 amide bonds. The summed E-state index contributed by atoms with van der Waals surface area (Å²) in [5.74, 6) is 0.417. The zero-order chi connectivity index (χ0) is 14.4. The summed E-state index contributed by atoms with van der Waals surface area (Å²) >= 11 is 1.41. The van der Waals surface area contributed by atoms with E-state index in [1.165, 1.54) is 49.9 Å². The van der Waals surface area contributed by atoms with E-state index >= 15 is 0 Å². The van der Waals surface area contributed by atoms with Gasteiger partial charge in [-0.25, -0.2) is 9.78 Å². The molecular formula is C16H22N2O2S. The molecule has 2 heterocycles. The van der Waals surface area contributed by atoms with Crippen LogP contribution in [-0.2, 0) is 0 Å². The molecule has 1 aromatic rings. The summed E-state index contributed by atoms with van der Waals surface area (Å²) in [7, 11) is 0. The molecule has 0 radical (unpaired) electrons. The SMILES string of the molecule is O=C(O)c1sc(N2CCCC2C2CCCC2)nc1C1CC1. The van der Waals surface area contributed by atoms with Crippen LogP contribution in [0.1, 0.15) is 72.7 Å². The first-order valence-corrected chi connectivity index (χ1v) is 9.06. The molecule has 0 aromatic carbocycles. The number of rotatable bonds is 4. The predicted molar refractivity (Wildman–Crippen MR) is 83.4 cm³/mol. The molecule has 2 saturated carbocycles. The number of anilines is 1. The maximum atomic E-state index is 11.5. The molecule has 0 spiro atoms. The monoisotopic (exact) mass is 306 g/mol. The van der Waals surface area contributed by atoms with E-state index in [2.05, 4.69) is 4.90 Å². The number of carboxylic acid groups (broad SMARTS) is 1. The van der Waals surface area contributed by atoms with Crippen molar-refractivity contribution >= 4 is 22.4 Å². The van der Waals surface area contributed by atoms with Crippen LogP contribution in [0.4, 0.5) is 5.13 Å². The van der Waals surface area contributed by atoms with Crippen LogP contribution in [0.25, 0.3) is 0 Å². The summed E-state index contributed by atoms with van der Waals surface area (Å²) in [5, 5.41) is 10.4. The maximum absolute atomic E-state index is 11.5. The lowest BCUT2D eigenvalue weighted by Crippen LogP contribution is -2.34. The number of carboxylic acids is 1. The van der Waals surface area contributed by atoms with Crippen LogP contribution in [0.2, 0.25) is 0 Å². The highest BCUT2D eigenvalue weighted by molar-refractivity contribution is 7.17. The third-order valence-corrected chi connectivity index (χ3v) is 6.39. The van der Waals surface area contributed by atoms with Crippen molar-refractivity contribution in [3.63, 3.8) is 0 Å². The Kier molecular flexibility index (Phi) is 3.40. The third kappa shape index (κ3) is 2.45. The molecule has 3 aliphatic rings. The standard InChI is InChI=1S/C16H22N2O2S/c19-15(20)14-13(11-7-8-11)17-16(21-14)18-9-3-6-12(18)10-4-1-2-5-10/h10-12H,1-9H2,(H,19,20). The number of carbonyl (C=O) groups is 1. The second kappa shape index (κ2) is 5.27. The van der Waals surface area contributed by atoms with E-state index in [1.54, 1.807) is 0 Å². The topological polar surface area (TPSA) is 53.4 Å². The molecule has 2 aliphatic carbocycles. The number of aromatic nitrogens is 1. The maximum Gasteiger partial charge on any atom is 0.347 e. The van der Waals surface area contributed by atoms with E-state index in [4.69, 9.17) is 4.98 Å². The first-order chi connectivity index (χ1) is 10.2. The number of aromatic carboxylic acids is 1. The quantitative estimate of drug-likeness (QED) is 0.917. The lowest BCUT2D eigenvalue weighted by Gasteiger charge is -2.29. The number of nitrogens with zero attached hydrogens (tertiary/aromatic N) is 2. The highest BCUT2D eigenvalue weighted by Crippen LogP contribution is 2.46. The van der Waals surface area contributed by atoms with Crippen LogP contribution in [-0.4, -0.2) is 28.6 Å². The Morgan fingerprint density at radius 2 is 1.90 bits per heavy atom. The van der Waals surface area contributed by atoms with E-state index in [1.807, 2.05) is 0 Å². The van der Waals surface area contributed by atoms with Gasteiger partial charge in [-0.3, -0.25) is 0 Å². The molecule has 5 heteroatoms. The molecule has 0 bridgehead atoms. The van der Waals surface area contributed by atoms with Crippen molar-refractivity contribution in [2.45, 2.75) is 63.3 Å². The smallest absolute Gasteiger partial charge is 0.347 e. The summed E-state index contributed by atoms with van der Waals surface area (Å²) in [6.07, 6.45) is 10.1. The van der Waals surface area contributed by atoms with Crippen molar-refractivity contribution in [3.8, 4) is 0 Å². The average Bonchev–Trinajstić information content (AvgIpc) is 2.94. The predicted octanol–water partition coefficient (Wildman–Crippen LogP) is 3.88. The van der Waals surface area contributed by atoms with Gasteiger partial charge in [0.25, 0.3) is 0 Å². The Hall–Kier alpha value is -1.10. The fourth-order valence-corrected chi connectivity index (χ4v) is 5.17. The molecule has 3 fully saturated rings. The van der Waals surface area contributed by atoms with Gasteiger partial charge in [0.15, 0.2) is 5.13 Å². The molecule has 1 saturated heterocycles. The van der Waals surface area contributed by atoms with Crippen molar-refractivity contribution < 1.29 is 9.90 Å². The molecule has 21 heavy (non-hydrogen) atoms. The first kappa shape index (κ1) is 13.6. The zero-order valence-corrected chi connectivity index (χ0v) is 13.1. The van der Waals surface area contributed by atoms with E-state index in [0.29, 0.717) is 16.8 Å². The molecule has 1 N–H and O–H groups in total. The van der Waals surface area contributed by atoms with Gasteiger partial charge in [-0.15, -0.1) is 0 Å². The van der Waals surface area contributed by atoms with Gasteiger partial charge in [-0.1, -0.05) is 24.2 Å².